The highest BCUT2D eigenvalue weighted by Gasteiger charge is 2.22. The van der Waals surface area contributed by atoms with Crippen molar-refractivity contribution in [2.45, 2.75) is 33.0 Å². The van der Waals surface area contributed by atoms with Crippen LogP contribution in [0, 0.1) is 17.5 Å². The van der Waals surface area contributed by atoms with E-state index in [0.717, 1.165) is 29.5 Å². The Bertz CT molecular complexity index is 1150. The highest BCUT2D eigenvalue weighted by molar-refractivity contribution is 5.95. The van der Waals surface area contributed by atoms with Gasteiger partial charge in [-0.25, -0.2) is 18.2 Å². The Kier molecular flexibility index (Phi) is 7.14. The molecule has 0 saturated carbocycles. The number of amides is 2. The molecular weight excluding hydrogens is 423 g/mol. The third-order valence-electron chi connectivity index (χ3n) is 5.21. The summed E-state index contributed by atoms with van der Waals surface area (Å²) in [6, 6.07) is 8.78. The van der Waals surface area contributed by atoms with Crippen molar-refractivity contribution < 1.29 is 22.8 Å². The smallest absolute Gasteiger partial charge is 0.243 e. The minimum Gasteiger partial charge on any atom is -0.346 e. The number of hydrogen-bond acceptors (Lipinski definition) is 4. The van der Waals surface area contributed by atoms with Crippen LogP contribution in [0.25, 0.3) is 11.0 Å². The summed E-state index contributed by atoms with van der Waals surface area (Å²) in [5.41, 5.74) is 1.37. The zero-order valence-electron chi connectivity index (χ0n) is 18.0. The fourth-order valence-electron chi connectivity index (χ4n) is 3.29. The van der Waals surface area contributed by atoms with Crippen LogP contribution in [0.1, 0.15) is 19.7 Å². The lowest BCUT2D eigenvalue weighted by molar-refractivity contribution is -0.127. The van der Waals surface area contributed by atoms with Crippen molar-refractivity contribution in [2.75, 3.05) is 18.9 Å². The number of imidazole rings is 1. The number of para-hydroxylation sites is 2. The molecule has 10 heteroatoms. The number of nitrogens with one attached hydrogen (secondary N) is 2. The molecule has 2 N–H and O–H groups in total. The van der Waals surface area contributed by atoms with Crippen molar-refractivity contribution in [1.29, 1.82) is 0 Å². The molecule has 2 aromatic carbocycles. The number of rotatable bonds is 8. The highest BCUT2D eigenvalue weighted by Crippen LogP contribution is 2.20. The molecule has 0 spiro atoms. The van der Waals surface area contributed by atoms with Gasteiger partial charge in [0.1, 0.15) is 5.82 Å². The molecule has 1 aromatic heterocycles. The van der Waals surface area contributed by atoms with Crippen molar-refractivity contribution in [3.63, 3.8) is 0 Å². The zero-order valence-corrected chi connectivity index (χ0v) is 18.0. The molecule has 32 heavy (non-hydrogen) atoms. The number of aromatic nitrogens is 2. The minimum absolute atomic E-state index is 0.406. The van der Waals surface area contributed by atoms with E-state index < -0.39 is 47.5 Å². The van der Waals surface area contributed by atoms with E-state index in [2.05, 4.69) is 20.2 Å². The predicted molar refractivity (Wildman–Crippen MR) is 114 cm³/mol. The van der Waals surface area contributed by atoms with Gasteiger partial charge >= 0.3 is 0 Å². The largest absolute Gasteiger partial charge is 0.346 e. The van der Waals surface area contributed by atoms with E-state index in [1.165, 1.54) is 0 Å². The van der Waals surface area contributed by atoms with Gasteiger partial charge in [0.05, 0.1) is 35.9 Å². The summed E-state index contributed by atoms with van der Waals surface area (Å²) < 4.78 is 42.0. The molecule has 1 atom stereocenters. The number of nitrogens with zero attached hydrogens (tertiary/aromatic N) is 3. The van der Waals surface area contributed by atoms with Gasteiger partial charge in [0.25, 0.3) is 0 Å². The Morgan fingerprint density at radius 1 is 1.12 bits per heavy atom. The quantitative estimate of drug-likeness (QED) is 0.521. The number of benzene rings is 2. The van der Waals surface area contributed by atoms with Crippen LogP contribution in [0.2, 0.25) is 0 Å². The lowest BCUT2D eigenvalue weighted by Gasteiger charge is -2.23. The first kappa shape index (κ1) is 23.3. The van der Waals surface area contributed by atoms with E-state index in [9.17, 15) is 22.8 Å². The Balaban J connectivity index is 1.57. The first-order chi connectivity index (χ1) is 15.2. The zero-order chi connectivity index (χ0) is 23.4. The lowest BCUT2D eigenvalue weighted by atomic mass is 10.2. The van der Waals surface area contributed by atoms with Crippen LogP contribution in [0.4, 0.5) is 18.9 Å². The second-order valence-electron chi connectivity index (χ2n) is 7.34. The van der Waals surface area contributed by atoms with Gasteiger partial charge in [-0.3, -0.25) is 14.5 Å². The molecule has 0 fully saturated rings. The van der Waals surface area contributed by atoms with E-state index in [1.807, 2.05) is 31.2 Å². The first-order valence-corrected chi connectivity index (χ1v) is 10.1. The lowest BCUT2D eigenvalue weighted by Crippen LogP contribution is -2.45. The van der Waals surface area contributed by atoms with Crippen LogP contribution in [0.3, 0.4) is 0 Å². The second-order valence-corrected chi connectivity index (χ2v) is 7.34. The van der Waals surface area contributed by atoms with Crippen LogP contribution in [0.5, 0.6) is 0 Å². The second kappa shape index (κ2) is 9.82. The van der Waals surface area contributed by atoms with Gasteiger partial charge in [0.2, 0.25) is 11.8 Å². The molecule has 0 aliphatic rings. The molecule has 170 valence electrons. The predicted octanol–water partition coefficient (Wildman–Crippen LogP) is 3.05. The van der Waals surface area contributed by atoms with Crippen LogP contribution < -0.4 is 10.6 Å². The Morgan fingerprint density at radius 3 is 2.56 bits per heavy atom. The maximum Gasteiger partial charge on any atom is 0.243 e. The summed E-state index contributed by atoms with van der Waals surface area (Å²) in [5, 5.41) is 4.57. The van der Waals surface area contributed by atoms with Gasteiger partial charge in [-0.1, -0.05) is 12.1 Å². The molecule has 0 aliphatic carbocycles. The molecule has 0 bridgehead atoms. The van der Waals surface area contributed by atoms with E-state index in [-0.39, 0.29) is 0 Å². The third-order valence-corrected chi connectivity index (χ3v) is 5.21. The molecule has 0 aliphatic heterocycles. The average Bonchev–Trinajstić information content (AvgIpc) is 3.14. The number of hydrogen-bond donors (Lipinski definition) is 2. The summed E-state index contributed by atoms with van der Waals surface area (Å²) in [4.78, 5) is 30.9. The van der Waals surface area contributed by atoms with Gasteiger partial charge in [-0.2, -0.15) is 0 Å². The normalized spacial score (nSPS) is 12.2. The number of carbonyl (C=O) groups is 2. The summed E-state index contributed by atoms with van der Waals surface area (Å²) in [7, 11) is 1.76. The SMILES string of the molecule is CCn1c(CN(C)[C@H](C)C(=O)NCC(=O)Nc2ccc(F)c(F)c2F)nc2ccccc21. The van der Waals surface area contributed by atoms with Gasteiger partial charge < -0.3 is 15.2 Å². The number of fused-ring (bicyclic) bond motifs is 1. The summed E-state index contributed by atoms with van der Waals surface area (Å²) in [5.74, 6) is -4.93. The number of likely N-dealkylation sites (N-methyl/N-ethyl adjacent to an activating group) is 1. The van der Waals surface area contributed by atoms with Gasteiger partial charge in [0, 0.05) is 6.54 Å². The topological polar surface area (TPSA) is 79.3 Å². The van der Waals surface area contributed by atoms with Crippen LogP contribution >= 0.6 is 0 Å². The molecule has 3 rings (SSSR count). The Labute approximate surface area is 183 Å². The van der Waals surface area contributed by atoms with E-state index in [1.54, 1.807) is 18.9 Å². The summed E-state index contributed by atoms with van der Waals surface area (Å²) in [6.07, 6.45) is 0. The molecule has 2 amide bonds. The van der Waals surface area contributed by atoms with Crippen molar-refractivity contribution >= 4 is 28.5 Å². The minimum atomic E-state index is -1.68. The maximum atomic E-state index is 13.7. The van der Waals surface area contributed by atoms with Gasteiger partial charge in [-0.15, -0.1) is 0 Å². The van der Waals surface area contributed by atoms with E-state index in [4.69, 9.17) is 0 Å². The monoisotopic (exact) mass is 447 g/mol. The fourth-order valence-corrected chi connectivity index (χ4v) is 3.29. The van der Waals surface area contributed by atoms with Crippen LogP contribution in [-0.2, 0) is 22.7 Å². The first-order valence-electron chi connectivity index (χ1n) is 10.1. The highest BCUT2D eigenvalue weighted by atomic mass is 19.2. The number of aryl methyl sites for hydroxylation is 1. The molecule has 7 nitrogen and oxygen atoms in total. The van der Waals surface area contributed by atoms with Crippen molar-refractivity contribution in [2.24, 2.45) is 0 Å². The molecule has 0 saturated heterocycles. The van der Waals surface area contributed by atoms with Crippen molar-refractivity contribution in [3.05, 3.63) is 59.7 Å². The van der Waals surface area contributed by atoms with Gasteiger partial charge in [-0.05, 0) is 45.2 Å². The Hall–Kier alpha value is -3.40. The molecular formula is C22H24F3N5O2. The average molecular weight is 447 g/mol. The number of carbonyl (C=O) groups excluding carboxylic acids is 2. The molecule has 3 aromatic rings. The van der Waals surface area contributed by atoms with Crippen LogP contribution in [0.15, 0.2) is 36.4 Å². The standard InChI is InChI=1S/C22H24F3N5O2/c1-4-30-17-8-6-5-7-15(17)27-18(30)12-29(3)13(2)22(32)26-11-19(31)28-16-10-9-14(23)20(24)21(16)25/h5-10,13H,4,11-12H2,1-3H3,(H,26,32)(H,28,31)/t13-/m1/s1. The molecule has 0 radical (unpaired) electrons. The van der Waals surface area contributed by atoms with Crippen LogP contribution in [-0.4, -0.2) is 45.9 Å². The summed E-state index contributed by atoms with van der Waals surface area (Å²) in [6.45, 7) is 4.38. The fraction of sp³-hybridized carbons (Fsp3) is 0.318. The molecule has 1 heterocycles. The van der Waals surface area contributed by atoms with Crippen molar-refractivity contribution in [3.8, 4) is 0 Å². The van der Waals surface area contributed by atoms with Gasteiger partial charge in [0.15, 0.2) is 17.5 Å². The third kappa shape index (κ3) is 4.91. The maximum absolute atomic E-state index is 13.7. The molecule has 0 unspecified atom stereocenters. The number of halogens is 3. The van der Waals surface area contributed by atoms with E-state index in [0.29, 0.717) is 12.6 Å². The van der Waals surface area contributed by atoms with E-state index >= 15 is 0 Å². The summed E-state index contributed by atoms with van der Waals surface area (Å²) >= 11 is 0. The van der Waals surface area contributed by atoms with Crippen molar-refractivity contribution in [1.82, 2.24) is 19.8 Å². The Morgan fingerprint density at radius 2 is 1.84 bits per heavy atom. The number of anilines is 1.